The lowest BCUT2D eigenvalue weighted by Crippen LogP contribution is -2.48. The molecule has 4 heteroatoms. The minimum atomic E-state index is -0.235. The summed E-state index contributed by atoms with van der Waals surface area (Å²) in [5.74, 6) is 0.512. The van der Waals surface area contributed by atoms with E-state index in [1.807, 2.05) is 6.92 Å². The first-order valence-electron chi connectivity index (χ1n) is 7.42. The second kappa shape index (κ2) is 5.34. The van der Waals surface area contributed by atoms with E-state index in [9.17, 15) is 9.50 Å². The van der Waals surface area contributed by atoms with Gasteiger partial charge in [-0.2, -0.15) is 0 Å². The number of benzene rings is 1. The Labute approximate surface area is 119 Å². The zero-order valence-corrected chi connectivity index (χ0v) is 11.9. The zero-order chi connectivity index (χ0) is 14.2. The standard InChI is InChI=1S/C16H22FNO2/c1-11-8-12(17)2-5-15(11)20-14-6-7-16(9-14,10-19)18-13-3-4-13/h2,5,8,13-14,18-19H,3-4,6-7,9-10H2,1H3. The fourth-order valence-corrected chi connectivity index (χ4v) is 3.08. The molecule has 0 radical (unpaired) electrons. The van der Waals surface area contributed by atoms with Crippen LogP contribution in [0.2, 0.25) is 0 Å². The Morgan fingerprint density at radius 1 is 1.40 bits per heavy atom. The summed E-state index contributed by atoms with van der Waals surface area (Å²) in [6.07, 6.45) is 5.20. The largest absolute Gasteiger partial charge is 0.490 e. The molecule has 0 bridgehead atoms. The molecule has 0 aliphatic heterocycles. The first kappa shape index (κ1) is 13.8. The lowest BCUT2D eigenvalue weighted by atomic mass is 9.98. The predicted molar refractivity (Wildman–Crippen MR) is 75.4 cm³/mol. The number of halogens is 1. The first-order valence-corrected chi connectivity index (χ1v) is 7.42. The fraction of sp³-hybridized carbons (Fsp3) is 0.625. The van der Waals surface area contributed by atoms with Gasteiger partial charge in [0.1, 0.15) is 17.7 Å². The van der Waals surface area contributed by atoms with E-state index in [0.29, 0.717) is 6.04 Å². The average molecular weight is 279 g/mol. The summed E-state index contributed by atoms with van der Waals surface area (Å²) >= 11 is 0. The van der Waals surface area contributed by atoms with Gasteiger partial charge < -0.3 is 15.2 Å². The van der Waals surface area contributed by atoms with Crippen molar-refractivity contribution >= 4 is 0 Å². The normalized spacial score (nSPS) is 29.6. The number of nitrogens with one attached hydrogen (secondary N) is 1. The molecular formula is C16H22FNO2. The number of rotatable bonds is 5. The zero-order valence-electron chi connectivity index (χ0n) is 11.9. The van der Waals surface area contributed by atoms with Gasteiger partial charge in [-0.25, -0.2) is 4.39 Å². The van der Waals surface area contributed by atoms with Gasteiger partial charge in [-0.15, -0.1) is 0 Å². The van der Waals surface area contributed by atoms with Crippen LogP contribution in [0, 0.1) is 12.7 Å². The molecule has 0 heterocycles. The van der Waals surface area contributed by atoms with Gasteiger partial charge in [0, 0.05) is 18.0 Å². The monoisotopic (exact) mass is 279 g/mol. The number of aryl methyl sites for hydroxylation is 1. The molecule has 3 nitrogen and oxygen atoms in total. The van der Waals surface area contributed by atoms with Gasteiger partial charge in [-0.05, 0) is 56.4 Å². The molecule has 3 rings (SSSR count). The average Bonchev–Trinajstić information content (AvgIpc) is 3.13. The van der Waals surface area contributed by atoms with E-state index in [4.69, 9.17) is 4.74 Å². The minimum Gasteiger partial charge on any atom is -0.490 e. The molecule has 0 spiro atoms. The summed E-state index contributed by atoms with van der Waals surface area (Å²) in [5.41, 5.74) is 0.640. The fourth-order valence-electron chi connectivity index (χ4n) is 3.08. The van der Waals surface area contributed by atoms with E-state index >= 15 is 0 Å². The molecule has 0 amide bonds. The Morgan fingerprint density at radius 3 is 2.85 bits per heavy atom. The van der Waals surface area contributed by atoms with Crippen LogP contribution in [0.15, 0.2) is 18.2 Å². The predicted octanol–water partition coefficient (Wildman–Crippen LogP) is 2.55. The third-order valence-electron chi connectivity index (χ3n) is 4.38. The topological polar surface area (TPSA) is 41.5 Å². The van der Waals surface area contributed by atoms with Gasteiger partial charge >= 0.3 is 0 Å². The van der Waals surface area contributed by atoms with E-state index in [1.54, 1.807) is 6.07 Å². The van der Waals surface area contributed by atoms with Crippen molar-refractivity contribution in [3.63, 3.8) is 0 Å². The Kier molecular flexibility index (Phi) is 3.69. The van der Waals surface area contributed by atoms with Gasteiger partial charge in [-0.1, -0.05) is 0 Å². The molecule has 2 N–H and O–H groups in total. The van der Waals surface area contributed by atoms with Crippen molar-refractivity contribution in [3.05, 3.63) is 29.6 Å². The number of ether oxygens (including phenoxy) is 1. The van der Waals surface area contributed by atoms with Gasteiger partial charge in [-0.3, -0.25) is 0 Å². The smallest absolute Gasteiger partial charge is 0.123 e. The highest BCUT2D eigenvalue weighted by Gasteiger charge is 2.43. The van der Waals surface area contributed by atoms with Crippen molar-refractivity contribution in [2.45, 2.75) is 56.7 Å². The molecule has 2 atom stereocenters. The Bertz CT molecular complexity index is 489. The van der Waals surface area contributed by atoms with Crippen molar-refractivity contribution in [3.8, 4) is 5.75 Å². The third-order valence-corrected chi connectivity index (χ3v) is 4.38. The SMILES string of the molecule is Cc1cc(F)ccc1OC1CCC(CO)(NC2CC2)C1. The molecule has 1 aromatic carbocycles. The minimum absolute atomic E-state index is 0.0950. The van der Waals surface area contributed by atoms with Crippen LogP contribution in [0.25, 0.3) is 0 Å². The van der Waals surface area contributed by atoms with E-state index in [2.05, 4.69) is 5.32 Å². The van der Waals surface area contributed by atoms with Gasteiger partial charge in [0.05, 0.1) is 6.61 Å². The second-order valence-electron chi connectivity index (χ2n) is 6.25. The lowest BCUT2D eigenvalue weighted by Gasteiger charge is -2.28. The van der Waals surface area contributed by atoms with Gasteiger partial charge in [0.15, 0.2) is 0 Å². The van der Waals surface area contributed by atoms with Crippen molar-refractivity contribution in [2.24, 2.45) is 0 Å². The third kappa shape index (κ3) is 2.96. The maximum atomic E-state index is 13.1. The highest BCUT2D eigenvalue weighted by molar-refractivity contribution is 5.33. The van der Waals surface area contributed by atoms with Crippen LogP contribution in [0.3, 0.4) is 0 Å². The number of aliphatic hydroxyl groups is 1. The highest BCUT2D eigenvalue weighted by atomic mass is 19.1. The van der Waals surface area contributed by atoms with Gasteiger partial charge in [0.25, 0.3) is 0 Å². The van der Waals surface area contributed by atoms with Crippen molar-refractivity contribution in [2.75, 3.05) is 6.61 Å². The molecule has 2 aliphatic rings. The highest BCUT2D eigenvalue weighted by Crippen LogP contribution is 2.36. The van der Waals surface area contributed by atoms with Crippen LogP contribution < -0.4 is 10.1 Å². The molecule has 20 heavy (non-hydrogen) atoms. The molecular weight excluding hydrogens is 257 g/mol. The number of hydrogen-bond donors (Lipinski definition) is 2. The van der Waals surface area contributed by atoms with E-state index in [-0.39, 0.29) is 24.1 Å². The quantitative estimate of drug-likeness (QED) is 0.870. The van der Waals surface area contributed by atoms with Crippen molar-refractivity contribution in [1.29, 1.82) is 0 Å². The maximum Gasteiger partial charge on any atom is 0.123 e. The van der Waals surface area contributed by atoms with Gasteiger partial charge in [0.2, 0.25) is 0 Å². The number of aliphatic hydroxyl groups excluding tert-OH is 1. The van der Waals surface area contributed by atoms with Crippen molar-refractivity contribution < 1.29 is 14.2 Å². The van der Waals surface area contributed by atoms with Crippen LogP contribution in [0.5, 0.6) is 5.75 Å². The maximum absolute atomic E-state index is 13.1. The van der Waals surface area contributed by atoms with E-state index in [0.717, 1.165) is 30.6 Å². The molecule has 2 fully saturated rings. The molecule has 0 saturated heterocycles. The second-order valence-corrected chi connectivity index (χ2v) is 6.25. The van der Waals surface area contributed by atoms with Crippen molar-refractivity contribution in [1.82, 2.24) is 5.32 Å². The summed E-state index contributed by atoms with van der Waals surface area (Å²) in [5, 5.41) is 13.3. The van der Waals surface area contributed by atoms with Crippen LogP contribution in [-0.4, -0.2) is 29.4 Å². The van der Waals surface area contributed by atoms with Crippen LogP contribution in [0.1, 0.15) is 37.7 Å². The Morgan fingerprint density at radius 2 is 2.20 bits per heavy atom. The summed E-state index contributed by atoms with van der Waals surface area (Å²) in [4.78, 5) is 0. The first-order chi connectivity index (χ1) is 9.60. The van der Waals surface area contributed by atoms with E-state index in [1.165, 1.54) is 25.0 Å². The van der Waals surface area contributed by atoms with Crippen LogP contribution in [-0.2, 0) is 0 Å². The number of hydrogen-bond acceptors (Lipinski definition) is 3. The summed E-state index contributed by atoms with van der Waals surface area (Å²) < 4.78 is 19.1. The van der Waals surface area contributed by atoms with Crippen LogP contribution in [0.4, 0.5) is 4.39 Å². The molecule has 0 aromatic heterocycles. The molecule has 2 aliphatic carbocycles. The summed E-state index contributed by atoms with van der Waals surface area (Å²) in [6.45, 7) is 2.01. The summed E-state index contributed by atoms with van der Waals surface area (Å²) in [6, 6.07) is 5.19. The Balaban J connectivity index is 1.64. The van der Waals surface area contributed by atoms with E-state index < -0.39 is 0 Å². The molecule has 2 unspecified atom stereocenters. The molecule has 1 aromatic rings. The lowest BCUT2D eigenvalue weighted by molar-refractivity contribution is 0.138. The van der Waals surface area contributed by atoms with Crippen LogP contribution >= 0.6 is 0 Å². The Hall–Kier alpha value is -1.13. The summed E-state index contributed by atoms with van der Waals surface area (Å²) in [7, 11) is 0. The molecule has 2 saturated carbocycles. The molecule has 110 valence electrons.